The molecule has 2 N–H and O–H groups in total. The standard InChI is InChI=1S/C14H24N4O/c1-4-18-13(12(15)9-16-18)14(19)17(3)11-7-5-6-10(2)8-11/h9-11H,4-8,15H2,1-3H3. The molecular formula is C14H24N4O. The molecule has 5 heteroatoms. The molecule has 0 aliphatic heterocycles. The molecule has 2 rings (SSSR count). The van der Waals surface area contributed by atoms with Gasteiger partial charge in [0.05, 0.1) is 11.9 Å². The molecule has 1 aromatic heterocycles. The largest absolute Gasteiger partial charge is 0.396 e. The van der Waals surface area contributed by atoms with Crippen molar-refractivity contribution in [1.82, 2.24) is 14.7 Å². The van der Waals surface area contributed by atoms with E-state index in [0.29, 0.717) is 29.9 Å². The molecule has 106 valence electrons. The van der Waals surface area contributed by atoms with Gasteiger partial charge in [-0.05, 0) is 25.7 Å². The first kappa shape index (κ1) is 13.9. The molecule has 0 aromatic carbocycles. The monoisotopic (exact) mass is 264 g/mol. The minimum absolute atomic E-state index is 0.00375. The normalized spacial score (nSPS) is 23.3. The van der Waals surface area contributed by atoms with Crippen molar-refractivity contribution in [3.63, 3.8) is 0 Å². The third-order valence-electron chi connectivity index (χ3n) is 4.15. The van der Waals surface area contributed by atoms with Gasteiger partial charge in [0, 0.05) is 19.6 Å². The lowest BCUT2D eigenvalue weighted by Gasteiger charge is -2.34. The Morgan fingerprint density at radius 2 is 2.32 bits per heavy atom. The van der Waals surface area contributed by atoms with E-state index in [0.717, 1.165) is 12.8 Å². The van der Waals surface area contributed by atoms with Crippen molar-refractivity contribution < 1.29 is 4.79 Å². The third kappa shape index (κ3) is 2.74. The highest BCUT2D eigenvalue weighted by molar-refractivity contribution is 5.97. The molecule has 0 spiro atoms. The first-order chi connectivity index (χ1) is 9.04. The van der Waals surface area contributed by atoms with Crippen molar-refractivity contribution in [1.29, 1.82) is 0 Å². The number of hydrogen-bond donors (Lipinski definition) is 1. The van der Waals surface area contributed by atoms with Crippen molar-refractivity contribution in [2.75, 3.05) is 12.8 Å². The van der Waals surface area contributed by atoms with Crippen molar-refractivity contribution in [3.05, 3.63) is 11.9 Å². The van der Waals surface area contributed by atoms with Gasteiger partial charge in [0.15, 0.2) is 0 Å². The molecule has 0 saturated heterocycles. The van der Waals surface area contributed by atoms with Gasteiger partial charge < -0.3 is 10.6 Å². The number of nitrogens with two attached hydrogens (primary N) is 1. The Labute approximate surface area is 114 Å². The van der Waals surface area contributed by atoms with Crippen LogP contribution in [0.5, 0.6) is 0 Å². The van der Waals surface area contributed by atoms with Crippen LogP contribution in [0.3, 0.4) is 0 Å². The molecule has 1 saturated carbocycles. The van der Waals surface area contributed by atoms with E-state index in [9.17, 15) is 4.79 Å². The van der Waals surface area contributed by atoms with E-state index in [2.05, 4.69) is 12.0 Å². The molecule has 1 amide bonds. The van der Waals surface area contributed by atoms with E-state index >= 15 is 0 Å². The van der Waals surface area contributed by atoms with Crippen molar-refractivity contribution in [2.45, 2.75) is 52.1 Å². The molecule has 5 nitrogen and oxygen atoms in total. The van der Waals surface area contributed by atoms with Gasteiger partial charge >= 0.3 is 0 Å². The molecule has 0 bridgehead atoms. The highest BCUT2D eigenvalue weighted by Crippen LogP contribution is 2.28. The Morgan fingerprint density at radius 3 is 2.95 bits per heavy atom. The smallest absolute Gasteiger partial charge is 0.274 e. The van der Waals surface area contributed by atoms with E-state index in [-0.39, 0.29) is 5.91 Å². The Morgan fingerprint density at radius 1 is 1.58 bits per heavy atom. The molecule has 1 fully saturated rings. The highest BCUT2D eigenvalue weighted by atomic mass is 16.2. The number of hydrogen-bond acceptors (Lipinski definition) is 3. The Balaban J connectivity index is 2.16. The second-order valence-corrected chi connectivity index (χ2v) is 5.61. The number of rotatable bonds is 3. The van der Waals surface area contributed by atoms with Gasteiger partial charge in [-0.15, -0.1) is 0 Å². The minimum Gasteiger partial charge on any atom is -0.396 e. The van der Waals surface area contributed by atoms with Gasteiger partial charge in [0.25, 0.3) is 5.91 Å². The predicted octanol–water partition coefficient (Wildman–Crippen LogP) is 2.14. The Kier molecular flexibility index (Phi) is 4.12. The van der Waals surface area contributed by atoms with Crippen molar-refractivity contribution >= 4 is 11.6 Å². The number of nitrogen functional groups attached to an aromatic ring is 1. The first-order valence-corrected chi connectivity index (χ1v) is 7.13. The number of amides is 1. The van der Waals surface area contributed by atoms with Crippen LogP contribution in [-0.4, -0.2) is 33.7 Å². The summed E-state index contributed by atoms with van der Waals surface area (Å²) < 4.78 is 1.68. The third-order valence-corrected chi connectivity index (χ3v) is 4.15. The Hall–Kier alpha value is -1.52. The maximum absolute atomic E-state index is 12.6. The number of carbonyl (C=O) groups excluding carboxylic acids is 1. The van der Waals surface area contributed by atoms with Crippen LogP contribution >= 0.6 is 0 Å². The zero-order valence-corrected chi connectivity index (χ0v) is 12.1. The highest BCUT2D eigenvalue weighted by Gasteiger charge is 2.28. The van der Waals surface area contributed by atoms with Crippen molar-refractivity contribution in [3.8, 4) is 0 Å². The van der Waals surface area contributed by atoms with Crippen LogP contribution in [0.1, 0.15) is 50.0 Å². The number of aryl methyl sites for hydroxylation is 1. The maximum Gasteiger partial charge on any atom is 0.274 e. The van der Waals surface area contributed by atoms with Crippen LogP contribution in [0.25, 0.3) is 0 Å². The molecular weight excluding hydrogens is 240 g/mol. The minimum atomic E-state index is -0.00375. The molecule has 2 unspecified atom stereocenters. The maximum atomic E-state index is 12.6. The van der Waals surface area contributed by atoms with E-state index < -0.39 is 0 Å². The van der Waals surface area contributed by atoms with Crippen LogP contribution in [0.4, 0.5) is 5.69 Å². The zero-order valence-electron chi connectivity index (χ0n) is 12.1. The summed E-state index contributed by atoms with van der Waals surface area (Å²) in [4.78, 5) is 14.5. The molecule has 1 aromatic rings. The lowest BCUT2D eigenvalue weighted by molar-refractivity contribution is 0.0661. The first-order valence-electron chi connectivity index (χ1n) is 7.13. The zero-order chi connectivity index (χ0) is 14.0. The van der Waals surface area contributed by atoms with Crippen LogP contribution in [0, 0.1) is 5.92 Å². The van der Waals surface area contributed by atoms with Gasteiger partial charge in [-0.25, -0.2) is 0 Å². The molecule has 0 radical (unpaired) electrons. The average Bonchev–Trinajstić information content (AvgIpc) is 2.78. The topological polar surface area (TPSA) is 64.2 Å². The van der Waals surface area contributed by atoms with Gasteiger partial charge in [-0.1, -0.05) is 19.8 Å². The number of carbonyl (C=O) groups is 1. The molecule has 1 aliphatic carbocycles. The SMILES string of the molecule is CCn1ncc(N)c1C(=O)N(C)C1CCCC(C)C1. The second-order valence-electron chi connectivity index (χ2n) is 5.61. The fourth-order valence-electron chi connectivity index (χ4n) is 2.96. The Bertz CT molecular complexity index is 454. The quantitative estimate of drug-likeness (QED) is 0.909. The fraction of sp³-hybridized carbons (Fsp3) is 0.714. The second kappa shape index (κ2) is 5.63. The van der Waals surface area contributed by atoms with Crippen molar-refractivity contribution in [2.24, 2.45) is 5.92 Å². The summed E-state index contributed by atoms with van der Waals surface area (Å²) in [5.41, 5.74) is 6.89. The summed E-state index contributed by atoms with van der Waals surface area (Å²) in [5, 5.41) is 4.14. The van der Waals surface area contributed by atoms with Crippen LogP contribution in [-0.2, 0) is 6.54 Å². The van der Waals surface area contributed by atoms with E-state index in [4.69, 9.17) is 5.73 Å². The lowest BCUT2D eigenvalue weighted by Crippen LogP contribution is -2.40. The number of aromatic nitrogens is 2. The van der Waals surface area contributed by atoms with Crippen LogP contribution < -0.4 is 5.73 Å². The molecule has 2 atom stereocenters. The summed E-state index contributed by atoms with van der Waals surface area (Å²) in [7, 11) is 1.89. The van der Waals surface area contributed by atoms with Gasteiger partial charge in [-0.2, -0.15) is 5.10 Å². The fourth-order valence-corrected chi connectivity index (χ4v) is 2.96. The van der Waals surface area contributed by atoms with Gasteiger partial charge in [0.2, 0.25) is 0 Å². The van der Waals surface area contributed by atoms with E-state index in [1.54, 1.807) is 10.9 Å². The number of anilines is 1. The number of nitrogens with zero attached hydrogens (tertiary/aromatic N) is 3. The van der Waals surface area contributed by atoms with Crippen LogP contribution in [0.15, 0.2) is 6.20 Å². The average molecular weight is 264 g/mol. The summed E-state index contributed by atoms with van der Waals surface area (Å²) in [6, 6.07) is 0.329. The summed E-state index contributed by atoms with van der Waals surface area (Å²) in [6.07, 6.45) is 6.21. The van der Waals surface area contributed by atoms with Gasteiger partial charge in [-0.3, -0.25) is 9.48 Å². The molecule has 1 heterocycles. The molecule has 19 heavy (non-hydrogen) atoms. The summed E-state index contributed by atoms with van der Waals surface area (Å²) in [5.74, 6) is 0.693. The summed E-state index contributed by atoms with van der Waals surface area (Å²) in [6.45, 7) is 4.88. The van der Waals surface area contributed by atoms with E-state index in [1.165, 1.54) is 12.8 Å². The molecule has 1 aliphatic rings. The van der Waals surface area contributed by atoms with Crippen LogP contribution in [0.2, 0.25) is 0 Å². The van der Waals surface area contributed by atoms with E-state index in [1.807, 2.05) is 18.9 Å². The van der Waals surface area contributed by atoms with Gasteiger partial charge in [0.1, 0.15) is 5.69 Å². The summed E-state index contributed by atoms with van der Waals surface area (Å²) >= 11 is 0. The lowest BCUT2D eigenvalue weighted by atomic mass is 9.86. The predicted molar refractivity (Wildman–Crippen MR) is 75.8 cm³/mol.